The molecule has 1 atom stereocenters. The highest BCUT2D eigenvalue weighted by Crippen LogP contribution is 2.42. The van der Waals surface area contributed by atoms with Gasteiger partial charge in [-0.1, -0.05) is 62.0 Å². The van der Waals surface area contributed by atoms with E-state index < -0.39 is 0 Å². The molecule has 0 aliphatic heterocycles. The smallest absolute Gasteiger partial charge is 0.0473 e. The van der Waals surface area contributed by atoms with Crippen LogP contribution in [0, 0.1) is 0 Å². The van der Waals surface area contributed by atoms with Gasteiger partial charge < -0.3 is 0 Å². The van der Waals surface area contributed by atoms with Crippen LogP contribution in [-0.4, -0.2) is 0 Å². The van der Waals surface area contributed by atoms with E-state index in [4.69, 9.17) is 34.8 Å². The van der Waals surface area contributed by atoms with E-state index in [-0.39, 0.29) is 5.41 Å². The van der Waals surface area contributed by atoms with E-state index in [0.29, 0.717) is 15.1 Å². The van der Waals surface area contributed by atoms with Crippen molar-refractivity contribution in [2.75, 3.05) is 0 Å². The summed E-state index contributed by atoms with van der Waals surface area (Å²) >= 11 is 18.5. The fourth-order valence-electron chi connectivity index (χ4n) is 2.15. The third kappa shape index (κ3) is 2.85. The van der Waals surface area contributed by atoms with Crippen LogP contribution in [0.1, 0.15) is 45.6 Å². The molecule has 0 heterocycles. The average Bonchev–Trinajstić information content (AvgIpc) is 2.16. The van der Waals surface area contributed by atoms with Gasteiger partial charge in [-0.15, -0.1) is 0 Å². The first-order chi connectivity index (χ1) is 7.44. The van der Waals surface area contributed by atoms with Gasteiger partial charge in [0, 0.05) is 15.1 Å². The molecule has 0 bridgehead atoms. The minimum Gasteiger partial charge on any atom is -0.0842 e. The van der Waals surface area contributed by atoms with Gasteiger partial charge >= 0.3 is 0 Å². The highest BCUT2D eigenvalue weighted by atomic mass is 35.5. The molecule has 0 saturated heterocycles. The van der Waals surface area contributed by atoms with Crippen LogP contribution in [-0.2, 0) is 5.41 Å². The third-order valence-electron chi connectivity index (χ3n) is 3.19. The molecule has 0 radical (unpaired) electrons. The zero-order valence-corrected chi connectivity index (χ0v) is 12.2. The van der Waals surface area contributed by atoms with Crippen LogP contribution < -0.4 is 0 Å². The first kappa shape index (κ1) is 14.2. The third-order valence-corrected chi connectivity index (χ3v) is 4.01. The zero-order chi connectivity index (χ0) is 12.3. The molecular weight excluding hydrogens is 263 g/mol. The predicted molar refractivity (Wildman–Crippen MR) is 74.0 cm³/mol. The number of hydrogen-bond acceptors (Lipinski definition) is 0. The maximum Gasteiger partial charge on any atom is 0.0473 e. The normalized spacial score (nSPS) is 14.9. The first-order valence-electron chi connectivity index (χ1n) is 5.59. The number of hydrogen-bond donors (Lipinski definition) is 0. The Morgan fingerprint density at radius 2 is 1.56 bits per heavy atom. The van der Waals surface area contributed by atoms with E-state index in [9.17, 15) is 0 Å². The van der Waals surface area contributed by atoms with Gasteiger partial charge in [0.1, 0.15) is 0 Å². The van der Waals surface area contributed by atoms with Crippen molar-refractivity contribution in [2.24, 2.45) is 0 Å². The Labute approximate surface area is 113 Å². The summed E-state index contributed by atoms with van der Waals surface area (Å²) in [5.41, 5.74) is 1.07. The Morgan fingerprint density at radius 3 is 1.94 bits per heavy atom. The maximum atomic E-state index is 6.26. The molecule has 0 N–H and O–H groups in total. The molecule has 1 unspecified atom stereocenters. The summed E-state index contributed by atoms with van der Waals surface area (Å²) in [6.45, 7) is 6.54. The van der Waals surface area contributed by atoms with E-state index in [1.54, 1.807) is 12.1 Å². The molecule has 16 heavy (non-hydrogen) atoms. The molecule has 0 saturated carbocycles. The summed E-state index contributed by atoms with van der Waals surface area (Å²) < 4.78 is 0. The van der Waals surface area contributed by atoms with Crippen LogP contribution in [0.2, 0.25) is 15.1 Å². The molecule has 1 rings (SSSR count). The van der Waals surface area contributed by atoms with Crippen LogP contribution in [0.3, 0.4) is 0 Å². The molecule has 1 aromatic carbocycles. The molecule has 1 aromatic rings. The summed E-state index contributed by atoms with van der Waals surface area (Å²) in [6, 6.07) is 3.54. The maximum absolute atomic E-state index is 6.26. The summed E-state index contributed by atoms with van der Waals surface area (Å²) in [5.74, 6) is 0. The molecule has 0 aromatic heterocycles. The fourth-order valence-corrected chi connectivity index (χ4v) is 3.42. The van der Waals surface area contributed by atoms with Crippen LogP contribution in [0.5, 0.6) is 0 Å². The van der Waals surface area contributed by atoms with Crippen molar-refractivity contribution in [3.8, 4) is 0 Å². The largest absolute Gasteiger partial charge is 0.0842 e. The Bertz CT molecular complexity index is 350. The van der Waals surface area contributed by atoms with Gasteiger partial charge in [0.2, 0.25) is 0 Å². The van der Waals surface area contributed by atoms with Crippen molar-refractivity contribution < 1.29 is 0 Å². The van der Waals surface area contributed by atoms with Crippen molar-refractivity contribution in [1.82, 2.24) is 0 Å². The van der Waals surface area contributed by atoms with Crippen molar-refractivity contribution in [2.45, 2.75) is 45.4 Å². The second-order valence-corrected chi connectivity index (χ2v) is 5.66. The van der Waals surface area contributed by atoms with E-state index in [2.05, 4.69) is 20.8 Å². The van der Waals surface area contributed by atoms with Crippen molar-refractivity contribution in [3.63, 3.8) is 0 Å². The molecule has 0 fully saturated rings. The number of benzene rings is 1. The SMILES string of the molecule is CCCC(C)(CC)c1c(Cl)cc(Cl)cc1Cl. The van der Waals surface area contributed by atoms with Crippen molar-refractivity contribution in [3.05, 3.63) is 32.8 Å². The molecular formula is C13H17Cl3. The Kier molecular flexibility index (Phi) is 4.97. The second-order valence-electron chi connectivity index (χ2n) is 4.41. The van der Waals surface area contributed by atoms with Gasteiger partial charge in [0.25, 0.3) is 0 Å². The fraction of sp³-hybridized carbons (Fsp3) is 0.538. The van der Waals surface area contributed by atoms with Gasteiger partial charge in [-0.25, -0.2) is 0 Å². The molecule has 0 aliphatic carbocycles. The number of halogens is 3. The lowest BCUT2D eigenvalue weighted by molar-refractivity contribution is 0.414. The zero-order valence-electron chi connectivity index (χ0n) is 9.91. The topological polar surface area (TPSA) is 0 Å². The van der Waals surface area contributed by atoms with Crippen LogP contribution in [0.15, 0.2) is 12.1 Å². The molecule has 0 amide bonds. The lowest BCUT2D eigenvalue weighted by Crippen LogP contribution is -2.21. The molecule has 0 aliphatic rings. The van der Waals surface area contributed by atoms with E-state index in [0.717, 1.165) is 24.8 Å². The Morgan fingerprint density at radius 1 is 1.06 bits per heavy atom. The van der Waals surface area contributed by atoms with Crippen LogP contribution >= 0.6 is 34.8 Å². The highest BCUT2D eigenvalue weighted by molar-refractivity contribution is 6.39. The van der Waals surface area contributed by atoms with E-state index >= 15 is 0 Å². The highest BCUT2D eigenvalue weighted by Gasteiger charge is 2.28. The summed E-state index contributed by atoms with van der Waals surface area (Å²) in [6.07, 6.45) is 3.20. The quantitative estimate of drug-likeness (QED) is 0.623. The van der Waals surface area contributed by atoms with Crippen LogP contribution in [0.25, 0.3) is 0 Å². The average molecular weight is 280 g/mol. The molecule has 3 heteroatoms. The van der Waals surface area contributed by atoms with Crippen molar-refractivity contribution in [1.29, 1.82) is 0 Å². The lowest BCUT2D eigenvalue weighted by Gasteiger charge is -2.30. The van der Waals surface area contributed by atoms with E-state index in [1.165, 1.54) is 0 Å². The van der Waals surface area contributed by atoms with Crippen molar-refractivity contribution >= 4 is 34.8 Å². The predicted octanol–water partition coefficient (Wildman–Crippen LogP) is 6.11. The minimum atomic E-state index is 0.0352. The van der Waals surface area contributed by atoms with Gasteiger partial charge in [0.05, 0.1) is 0 Å². The summed E-state index contributed by atoms with van der Waals surface area (Å²) in [4.78, 5) is 0. The van der Waals surface area contributed by atoms with Gasteiger partial charge in [-0.05, 0) is 36.0 Å². The van der Waals surface area contributed by atoms with Gasteiger partial charge in [0.15, 0.2) is 0 Å². The monoisotopic (exact) mass is 278 g/mol. The van der Waals surface area contributed by atoms with E-state index in [1.807, 2.05) is 0 Å². The molecule has 0 spiro atoms. The molecule has 0 nitrogen and oxygen atoms in total. The van der Waals surface area contributed by atoms with Gasteiger partial charge in [-0.3, -0.25) is 0 Å². The Balaban J connectivity index is 3.30. The summed E-state index contributed by atoms with van der Waals surface area (Å²) in [7, 11) is 0. The summed E-state index contributed by atoms with van der Waals surface area (Å²) in [5, 5.41) is 1.94. The van der Waals surface area contributed by atoms with Gasteiger partial charge in [-0.2, -0.15) is 0 Å². The Hall–Kier alpha value is 0.0900. The lowest BCUT2D eigenvalue weighted by atomic mass is 9.76. The minimum absolute atomic E-state index is 0.0352. The first-order valence-corrected chi connectivity index (χ1v) is 6.73. The van der Waals surface area contributed by atoms with Crippen LogP contribution in [0.4, 0.5) is 0 Å². The second kappa shape index (κ2) is 5.62. The number of rotatable bonds is 4. The standard InChI is InChI=1S/C13H17Cl3/c1-4-6-13(3,5-2)12-10(15)7-9(14)8-11(12)16/h7-8H,4-6H2,1-3H3. The molecule has 90 valence electrons.